The van der Waals surface area contributed by atoms with Gasteiger partial charge in [-0.25, -0.2) is 8.78 Å². The number of nitrogens with two attached hydrogens (primary N) is 1. The zero-order valence-corrected chi connectivity index (χ0v) is 12.3. The van der Waals surface area contributed by atoms with Crippen LogP contribution < -0.4 is 5.73 Å². The van der Waals surface area contributed by atoms with Crippen LogP contribution in [0.4, 0.5) is 8.78 Å². The first-order chi connectivity index (χ1) is 10.0. The van der Waals surface area contributed by atoms with E-state index in [0.29, 0.717) is 24.4 Å². The van der Waals surface area contributed by atoms with Gasteiger partial charge in [0.2, 0.25) is 5.91 Å². The van der Waals surface area contributed by atoms with Crippen LogP contribution in [-0.4, -0.2) is 23.4 Å². The number of halogens is 2. The Bertz CT molecular complexity index is 503. The molecule has 0 bridgehead atoms. The molecule has 1 amide bonds. The van der Waals surface area contributed by atoms with Crippen molar-refractivity contribution < 1.29 is 13.6 Å². The zero-order chi connectivity index (χ0) is 15.4. The number of carbonyl (C=O) groups excluding carboxylic acids is 1. The fourth-order valence-electron chi connectivity index (χ4n) is 2.27. The van der Waals surface area contributed by atoms with E-state index < -0.39 is 11.6 Å². The summed E-state index contributed by atoms with van der Waals surface area (Å²) in [5.74, 6) is -0.861. The Morgan fingerprint density at radius 2 is 2.14 bits per heavy atom. The summed E-state index contributed by atoms with van der Waals surface area (Å²) in [6.07, 6.45) is 3.09. The molecule has 116 valence electrons. The third kappa shape index (κ3) is 4.49. The Morgan fingerprint density at radius 3 is 2.71 bits per heavy atom. The first kappa shape index (κ1) is 15.9. The van der Waals surface area contributed by atoms with E-state index in [1.807, 2.05) is 6.92 Å². The topological polar surface area (TPSA) is 46.3 Å². The van der Waals surface area contributed by atoms with E-state index in [9.17, 15) is 13.6 Å². The van der Waals surface area contributed by atoms with Crippen LogP contribution in [0.3, 0.4) is 0 Å². The summed E-state index contributed by atoms with van der Waals surface area (Å²) in [4.78, 5) is 14.0. The molecular weight excluding hydrogens is 274 g/mol. The molecule has 1 fully saturated rings. The second-order valence-electron chi connectivity index (χ2n) is 5.87. The largest absolute Gasteiger partial charge is 0.335 e. The van der Waals surface area contributed by atoms with Gasteiger partial charge in [-0.05, 0) is 37.8 Å². The van der Waals surface area contributed by atoms with Crippen molar-refractivity contribution in [1.29, 1.82) is 0 Å². The van der Waals surface area contributed by atoms with Gasteiger partial charge in [0.05, 0.1) is 0 Å². The maximum Gasteiger partial charge on any atom is 0.223 e. The lowest BCUT2D eigenvalue weighted by atomic mass is 10.1. The highest BCUT2D eigenvalue weighted by atomic mass is 19.1. The molecule has 1 atom stereocenters. The summed E-state index contributed by atoms with van der Waals surface area (Å²) in [5.41, 5.74) is 5.92. The minimum absolute atomic E-state index is 0.0292. The van der Waals surface area contributed by atoms with Crippen LogP contribution in [0, 0.1) is 17.6 Å². The van der Waals surface area contributed by atoms with E-state index in [-0.39, 0.29) is 18.5 Å². The molecule has 1 aromatic carbocycles. The molecule has 0 aliphatic heterocycles. The van der Waals surface area contributed by atoms with Gasteiger partial charge >= 0.3 is 0 Å². The molecule has 1 aliphatic carbocycles. The number of benzene rings is 1. The molecule has 5 heteroatoms. The van der Waals surface area contributed by atoms with E-state index >= 15 is 0 Å². The smallest absolute Gasteiger partial charge is 0.223 e. The van der Waals surface area contributed by atoms with Crippen molar-refractivity contribution >= 4 is 5.91 Å². The Balaban J connectivity index is 2.00. The maximum atomic E-state index is 13.7. The predicted molar refractivity (Wildman–Crippen MR) is 77.4 cm³/mol. The van der Waals surface area contributed by atoms with Crippen molar-refractivity contribution in [1.82, 2.24) is 4.90 Å². The summed E-state index contributed by atoms with van der Waals surface area (Å²) in [6.45, 7) is 2.78. The highest BCUT2D eigenvalue weighted by Crippen LogP contribution is 2.30. The molecule has 3 nitrogen and oxygen atoms in total. The van der Waals surface area contributed by atoms with Crippen molar-refractivity contribution in [3.05, 3.63) is 35.4 Å². The second-order valence-corrected chi connectivity index (χ2v) is 5.87. The van der Waals surface area contributed by atoms with E-state index in [2.05, 4.69) is 0 Å². The molecule has 1 aliphatic rings. The number of hydrogen-bond acceptors (Lipinski definition) is 2. The molecule has 0 radical (unpaired) electrons. The monoisotopic (exact) mass is 296 g/mol. The minimum Gasteiger partial charge on any atom is -0.335 e. The summed E-state index contributed by atoms with van der Waals surface area (Å²) in [5, 5.41) is 0. The Hall–Kier alpha value is -1.49. The van der Waals surface area contributed by atoms with E-state index in [0.717, 1.165) is 25.3 Å². The lowest BCUT2D eigenvalue weighted by Gasteiger charge is -2.23. The second kappa shape index (κ2) is 6.98. The molecule has 0 saturated heterocycles. The number of carbonyl (C=O) groups is 1. The van der Waals surface area contributed by atoms with Crippen LogP contribution in [-0.2, 0) is 11.3 Å². The molecule has 1 saturated carbocycles. The number of rotatable bonds is 7. The molecule has 0 heterocycles. The van der Waals surface area contributed by atoms with Crippen molar-refractivity contribution in [3.63, 3.8) is 0 Å². The minimum atomic E-state index is -0.600. The summed E-state index contributed by atoms with van der Waals surface area (Å²) in [7, 11) is 0. The van der Waals surface area contributed by atoms with Crippen molar-refractivity contribution in [2.45, 2.75) is 45.2 Å². The van der Waals surface area contributed by atoms with Gasteiger partial charge in [0.25, 0.3) is 0 Å². The first-order valence-corrected chi connectivity index (χ1v) is 7.44. The van der Waals surface area contributed by atoms with Crippen LogP contribution >= 0.6 is 0 Å². The zero-order valence-electron chi connectivity index (χ0n) is 12.3. The SMILES string of the molecule is CC(CN)CCC(=O)N(Cc1ccc(F)cc1F)C1CC1. The van der Waals surface area contributed by atoms with Gasteiger partial charge in [0.15, 0.2) is 0 Å². The average molecular weight is 296 g/mol. The van der Waals surface area contributed by atoms with Gasteiger partial charge in [0, 0.05) is 30.6 Å². The van der Waals surface area contributed by atoms with E-state index in [4.69, 9.17) is 5.73 Å². The molecule has 1 unspecified atom stereocenters. The van der Waals surface area contributed by atoms with Gasteiger partial charge in [0.1, 0.15) is 11.6 Å². The molecule has 21 heavy (non-hydrogen) atoms. The maximum absolute atomic E-state index is 13.7. The van der Waals surface area contributed by atoms with Gasteiger partial charge in [-0.2, -0.15) is 0 Å². The van der Waals surface area contributed by atoms with Gasteiger partial charge in [-0.1, -0.05) is 13.0 Å². The van der Waals surface area contributed by atoms with Crippen LogP contribution in [0.1, 0.15) is 38.2 Å². The van der Waals surface area contributed by atoms with E-state index in [1.54, 1.807) is 4.90 Å². The third-order valence-electron chi connectivity index (χ3n) is 3.92. The Kier molecular flexibility index (Phi) is 5.28. The summed E-state index contributed by atoms with van der Waals surface area (Å²) >= 11 is 0. The number of amides is 1. The lowest BCUT2D eigenvalue weighted by Crippen LogP contribution is -2.33. The van der Waals surface area contributed by atoms with E-state index in [1.165, 1.54) is 12.1 Å². The van der Waals surface area contributed by atoms with Crippen LogP contribution in [0.2, 0.25) is 0 Å². The highest BCUT2D eigenvalue weighted by molar-refractivity contribution is 5.76. The quantitative estimate of drug-likeness (QED) is 0.841. The predicted octanol–water partition coefficient (Wildman–Crippen LogP) is 2.83. The van der Waals surface area contributed by atoms with Crippen LogP contribution in [0.5, 0.6) is 0 Å². The molecule has 0 aromatic heterocycles. The van der Waals surface area contributed by atoms with Crippen molar-refractivity contribution in [2.24, 2.45) is 11.7 Å². The van der Waals surface area contributed by atoms with Crippen LogP contribution in [0.15, 0.2) is 18.2 Å². The lowest BCUT2D eigenvalue weighted by molar-refractivity contribution is -0.132. The molecule has 2 N–H and O–H groups in total. The molecule has 2 rings (SSSR count). The van der Waals surface area contributed by atoms with Gasteiger partial charge in [-0.15, -0.1) is 0 Å². The first-order valence-electron chi connectivity index (χ1n) is 7.44. The Labute approximate surface area is 124 Å². The van der Waals surface area contributed by atoms with Gasteiger partial charge < -0.3 is 10.6 Å². The number of hydrogen-bond donors (Lipinski definition) is 1. The number of nitrogens with zero attached hydrogens (tertiary/aromatic N) is 1. The van der Waals surface area contributed by atoms with Gasteiger partial charge in [-0.3, -0.25) is 4.79 Å². The Morgan fingerprint density at radius 1 is 1.43 bits per heavy atom. The summed E-state index contributed by atoms with van der Waals surface area (Å²) < 4.78 is 26.7. The molecule has 1 aromatic rings. The summed E-state index contributed by atoms with van der Waals surface area (Å²) in [6, 6.07) is 3.71. The highest BCUT2D eigenvalue weighted by Gasteiger charge is 2.32. The standard InChI is InChI=1S/C16H22F2N2O/c1-11(9-19)2-7-16(21)20(14-5-6-14)10-12-3-4-13(17)8-15(12)18/h3-4,8,11,14H,2,5-7,9-10,19H2,1H3. The van der Waals surface area contributed by atoms with Crippen molar-refractivity contribution in [2.75, 3.05) is 6.54 Å². The third-order valence-corrected chi connectivity index (χ3v) is 3.92. The molecule has 0 spiro atoms. The van der Waals surface area contributed by atoms with Crippen molar-refractivity contribution in [3.8, 4) is 0 Å². The average Bonchev–Trinajstić information content (AvgIpc) is 3.28. The normalized spacial score (nSPS) is 15.8. The van der Waals surface area contributed by atoms with Crippen LogP contribution in [0.25, 0.3) is 0 Å². The fourth-order valence-corrected chi connectivity index (χ4v) is 2.27. The fraction of sp³-hybridized carbons (Fsp3) is 0.562. The molecular formula is C16H22F2N2O.